The topological polar surface area (TPSA) is 13.1 Å². The summed E-state index contributed by atoms with van der Waals surface area (Å²) in [6.45, 7) is 0. The zero-order valence-electron chi connectivity index (χ0n) is 25.6. The van der Waals surface area contributed by atoms with E-state index in [0.717, 1.165) is 21.9 Å². The minimum absolute atomic E-state index is 0.923. The van der Waals surface area contributed by atoms with Gasteiger partial charge < -0.3 is 4.42 Å². The highest BCUT2D eigenvalue weighted by Crippen LogP contribution is 2.45. The summed E-state index contributed by atoms with van der Waals surface area (Å²) >= 11 is 0. The van der Waals surface area contributed by atoms with Gasteiger partial charge in [0.05, 0.1) is 0 Å². The maximum atomic E-state index is 6.28. The molecule has 0 unspecified atom stereocenters. The molecule has 0 saturated heterocycles. The molecule has 0 spiro atoms. The molecule has 0 atom stereocenters. The fourth-order valence-corrected chi connectivity index (χ4v) is 7.74. The molecule has 0 amide bonds. The van der Waals surface area contributed by atoms with Gasteiger partial charge in [0.2, 0.25) is 0 Å². The smallest absolute Gasteiger partial charge is 0.136 e. The monoisotopic (exact) mass is 596 g/mol. The molecule has 10 rings (SSSR count). The lowest BCUT2D eigenvalue weighted by atomic mass is 9.84. The van der Waals surface area contributed by atoms with Gasteiger partial charge in [0.15, 0.2) is 0 Å². The molecule has 0 fully saturated rings. The van der Waals surface area contributed by atoms with Gasteiger partial charge in [-0.15, -0.1) is 0 Å². The lowest BCUT2D eigenvalue weighted by Crippen LogP contribution is -1.91. The van der Waals surface area contributed by atoms with Crippen LogP contribution in [-0.4, -0.2) is 0 Å². The predicted molar refractivity (Wildman–Crippen MR) is 200 cm³/mol. The van der Waals surface area contributed by atoms with E-state index in [2.05, 4.69) is 158 Å². The maximum Gasteiger partial charge on any atom is 0.136 e. The van der Waals surface area contributed by atoms with Crippen LogP contribution in [0.3, 0.4) is 0 Å². The van der Waals surface area contributed by atoms with Gasteiger partial charge in [0, 0.05) is 10.8 Å². The third-order valence-corrected chi connectivity index (χ3v) is 9.85. The highest BCUT2D eigenvalue weighted by atomic mass is 16.3. The average Bonchev–Trinajstić information content (AvgIpc) is 3.50. The molecule has 0 radical (unpaired) electrons. The van der Waals surface area contributed by atoms with E-state index in [0.29, 0.717) is 0 Å². The Morgan fingerprint density at radius 3 is 1.53 bits per heavy atom. The van der Waals surface area contributed by atoms with Crippen molar-refractivity contribution in [1.82, 2.24) is 0 Å². The summed E-state index contributed by atoms with van der Waals surface area (Å²) in [4.78, 5) is 0. The lowest BCUT2D eigenvalue weighted by Gasteiger charge is -2.19. The van der Waals surface area contributed by atoms with Crippen molar-refractivity contribution < 1.29 is 4.42 Å². The summed E-state index contributed by atoms with van der Waals surface area (Å²) in [7, 11) is 0. The van der Waals surface area contributed by atoms with Crippen LogP contribution in [0.15, 0.2) is 174 Å². The first-order valence-corrected chi connectivity index (χ1v) is 16.2. The van der Waals surface area contributed by atoms with Crippen molar-refractivity contribution in [3.8, 4) is 33.4 Å². The van der Waals surface area contributed by atoms with Crippen molar-refractivity contribution in [3.63, 3.8) is 0 Å². The third-order valence-electron chi connectivity index (χ3n) is 9.85. The SMILES string of the molecule is c1cc(-c2ccc(-c3c4ccccc4c(-c4cccc5ccccc45)c4ccccc34)cc2)c2cc3oc4ccccc4c3cc2c1. The second-order valence-corrected chi connectivity index (χ2v) is 12.4. The summed E-state index contributed by atoms with van der Waals surface area (Å²) in [6, 6.07) is 61.6. The Morgan fingerprint density at radius 2 is 0.809 bits per heavy atom. The summed E-state index contributed by atoms with van der Waals surface area (Å²) in [6.07, 6.45) is 0. The highest BCUT2D eigenvalue weighted by molar-refractivity contribution is 6.23. The predicted octanol–water partition coefficient (Wildman–Crippen LogP) is 13.2. The number of hydrogen-bond donors (Lipinski definition) is 0. The van der Waals surface area contributed by atoms with Gasteiger partial charge in [-0.05, 0) is 94.7 Å². The Balaban J connectivity index is 1.17. The van der Waals surface area contributed by atoms with Gasteiger partial charge in [0.1, 0.15) is 11.2 Å². The van der Waals surface area contributed by atoms with Crippen LogP contribution in [0.5, 0.6) is 0 Å². The standard InChI is InChI=1S/C46H28O/c1-2-14-33-29(11-1)12-9-21-36(33)46-39-18-5-3-16-37(39)45(38-17-4-6-19-40(38)46)31-25-23-30(24-26-31)34-20-10-13-32-27-42-35-15-7-8-22-43(35)47-44(42)28-41(32)34/h1-28H. The molecule has 0 aliphatic heterocycles. The van der Waals surface area contributed by atoms with Crippen LogP contribution in [0.4, 0.5) is 0 Å². The van der Waals surface area contributed by atoms with Crippen LogP contribution < -0.4 is 0 Å². The Bertz CT molecular complexity index is 2770. The number of rotatable bonds is 3. The zero-order chi connectivity index (χ0) is 30.9. The number of para-hydroxylation sites is 1. The van der Waals surface area contributed by atoms with E-state index in [1.54, 1.807) is 0 Å². The molecule has 1 heterocycles. The quantitative estimate of drug-likeness (QED) is 0.185. The van der Waals surface area contributed by atoms with Crippen molar-refractivity contribution in [1.29, 1.82) is 0 Å². The van der Waals surface area contributed by atoms with Crippen molar-refractivity contribution in [3.05, 3.63) is 170 Å². The van der Waals surface area contributed by atoms with E-state index in [1.165, 1.54) is 76.5 Å². The number of benzene rings is 9. The molecule has 0 bridgehead atoms. The van der Waals surface area contributed by atoms with Gasteiger partial charge in [-0.2, -0.15) is 0 Å². The van der Waals surface area contributed by atoms with E-state index in [-0.39, 0.29) is 0 Å². The largest absolute Gasteiger partial charge is 0.456 e. The minimum atomic E-state index is 0.923. The van der Waals surface area contributed by atoms with Crippen LogP contribution >= 0.6 is 0 Å². The van der Waals surface area contributed by atoms with Gasteiger partial charge in [0.25, 0.3) is 0 Å². The Labute approximate surface area is 271 Å². The summed E-state index contributed by atoms with van der Waals surface area (Å²) in [5.74, 6) is 0. The Kier molecular flexibility index (Phi) is 5.64. The van der Waals surface area contributed by atoms with Crippen LogP contribution in [0.2, 0.25) is 0 Å². The molecule has 218 valence electrons. The summed E-state index contributed by atoms with van der Waals surface area (Å²) in [5.41, 5.74) is 9.29. The first-order valence-electron chi connectivity index (χ1n) is 16.2. The Hall–Kier alpha value is -6.18. The molecule has 0 aliphatic rings. The first kappa shape index (κ1) is 26.1. The van der Waals surface area contributed by atoms with Crippen molar-refractivity contribution in [2.24, 2.45) is 0 Å². The normalized spacial score (nSPS) is 11.8. The van der Waals surface area contributed by atoms with E-state index < -0.39 is 0 Å². The van der Waals surface area contributed by atoms with E-state index in [4.69, 9.17) is 4.42 Å². The molecule has 0 N–H and O–H groups in total. The molecule has 9 aromatic carbocycles. The fraction of sp³-hybridized carbons (Fsp3) is 0. The fourth-order valence-electron chi connectivity index (χ4n) is 7.74. The average molecular weight is 597 g/mol. The molecule has 1 nitrogen and oxygen atoms in total. The molecule has 0 aliphatic carbocycles. The molecule has 0 saturated carbocycles. The van der Waals surface area contributed by atoms with Crippen molar-refractivity contribution >= 4 is 65.0 Å². The number of hydrogen-bond acceptors (Lipinski definition) is 1. The molecule has 1 aromatic heterocycles. The van der Waals surface area contributed by atoms with Crippen LogP contribution in [0, 0.1) is 0 Å². The van der Waals surface area contributed by atoms with Crippen LogP contribution in [-0.2, 0) is 0 Å². The summed E-state index contributed by atoms with van der Waals surface area (Å²) < 4.78 is 6.28. The molecule has 1 heteroatoms. The third kappa shape index (κ3) is 3.97. The van der Waals surface area contributed by atoms with Crippen molar-refractivity contribution in [2.75, 3.05) is 0 Å². The summed E-state index contributed by atoms with van der Waals surface area (Å²) in [5, 5.41) is 12.3. The number of fused-ring (bicyclic) bond motifs is 7. The molecular weight excluding hydrogens is 569 g/mol. The van der Waals surface area contributed by atoms with Crippen LogP contribution in [0.1, 0.15) is 0 Å². The van der Waals surface area contributed by atoms with Crippen LogP contribution in [0.25, 0.3) is 98.4 Å². The van der Waals surface area contributed by atoms with Gasteiger partial charge in [-0.1, -0.05) is 152 Å². The first-order chi connectivity index (χ1) is 23.3. The minimum Gasteiger partial charge on any atom is -0.456 e. The van der Waals surface area contributed by atoms with E-state index >= 15 is 0 Å². The van der Waals surface area contributed by atoms with Gasteiger partial charge in [-0.3, -0.25) is 0 Å². The number of furan rings is 1. The molecule has 47 heavy (non-hydrogen) atoms. The maximum absolute atomic E-state index is 6.28. The van der Waals surface area contributed by atoms with E-state index in [1.807, 2.05) is 12.1 Å². The molecular formula is C46H28O. The van der Waals surface area contributed by atoms with Gasteiger partial charge in [-0.25, -0.2) is 0 Å². The van der Waals surface area contributed by atoms with Gasteiger partial charge >= 0.3 is 0 Å². The second-order valence-electron chi connectivity index (χ2n) is 12.4. The Morgan fingerprint density at radius 1 is 0.277 bits per heavy atom. The zero-order valence-corrected chi connectivity index (χ0v) is 25.6. The molecule has 10 aromatic rings. The lowest BCUT2D eigenvalue weighted by molar-refractivity contribution is 0.669. The highest BCUT2D eigenvalue weighted by Gasteiger charge is 2.18. The van der Waals surface area contributed by atoms with E-state index in [9.17, 15) is 0 Å². The second kappa shape index (κ2) is 10.2. The van der Waals surface area contributed by atoms with Crippen molar-refractivity contribution in [2.45, 2.75) is 0 Å².